The molecule has 1 aliphatic rings. The number of aliphatic hydroxyl groups is 2. The van der Waals surface area contributed by atoms with Crippen LogP contribution in [0.3, 0.4) is 0 Å². The highest BCUT2D eigenvalue weighted by molar-refractivity contribution is 5.14. The molecule has 1 fully saturated rings. The molecular weight excluding hydrogens is 290 g/mol. The van der Waals surface area contributed by atoms with Crippen molar-refractivity contribution in [2.45, 2.75) is 25.7 Å². The van der Waals surface area contributed by atoms with Gasteiger partial charge in [0.15, 0.2) is 0 Å². The van der Waals surface area contributed by atoms with Crippen LogP contribution in [0.25, 0.3) is 0 Å². The summed E-state index contributed by atoms with van der Waals surface area (Å²) in [5.41, 5.74) is 1.27. The van der Waals surface area contributed by atoms with Gasteiger partial charge >= 0.3 is 0 Å². The number of rotatable bonds is 8. The molecule has 2 rings (SSSR count). The summed E-state index contributed by atoms with van der Waals surface area (Å²) < 4.78 is 0. The summed E-state index contributed by atoms with van der Waals surface area (Å²) in [6.07, 6.45) is -0.592. The first-order valence-electron chi connectivity index (χ1n) is 8.56. The molecule has 1 aromatic rings. The number of nitrogens with zero attached hydrogens (tertiary/aromatic N) is 3. The third kappa shape index (κ3) is 6.97. The normalized spacial score (nSPS) is 19.9. The lowest BCUT2D eigenvalue weighted by atomic mass is 10.2. The van der Waals surface area contributed by atoms with Crippen molar-refractivity contribution in [1.82, 2.24) is 14.7 Å². The number of likely N-dealkylation sites (N-methyl/N-ethyl adjacent to an activating group) is 1. The Hall–Kier alpha value is -0.980. The maximum atomic E-state index is 10.3. The molecule has 1 saturated heterocycles. The molecule has 5 nitrogen and oxygen atoms in total. The highest BCUT2D eigenvalue weighted by Gasteiger charge is 2.20. The van der Waals surface area contributed by atoms with Gasteiger partial charge in [-0.1, -0.05) is 30.3 Å². The lowest BCUT2D eigenvalue weighted by Crippen LogP contribution is -2.50. The predicted octanol–water partition coefficient (Wildman–Crippen LogP) is 0.478. The fourth-order valence-electron chi connectivity index (χ4n) is 3.20. The van der Waals surface area contributed by atoms with Gasteiger partial charge in [-0.2, -0.15) is 0 Å². The van der Waals surface area contributed by atoms with Crippen LogP contribution in [0.2, 0.25) is 0 Å². The largest absolute Gasteiger partial charge is 0.392 e. The monoisotopic (exact) mass is 321 g/mol. The van der Waals surface area contributed by atoms with E-state index in [0.717, 1.165) is 45.8 Å². The van der Waals surface area contributed by atoms with Crippen molar-refractivity contribution in [2.24, 2.45) is 0 Å². The molecule has 2 unspecified atom stereocenters. The third-order valence-electron chi connectivity index (χ3n) is 4.27. The van der Waals surface area contributed by atoms with Gasteiger partial charge in [0.2, 0.25) is 0 Å². The average molecular weight is 321 g/mol. The Kier molecular flexibility index (Phi) is 7.46. The molecule has 0 spiro atoms. The second kappa shape index (κ2) is 9.35. The molecule has 23 heavy (non-hydrogen) atoms. The minimum atomic E-state index is -0.327. The highest BCUT2D eigenvalue weighted by Crippen LogP contribution is 2.06. The number of aliphatic hydroxyl groups excluding tert-OH is 2. The van der Waals surface area contributed by atoms with E-state index in [9.17, 15) is 10.2 Å². The Bertz CT molecular complexity index is 433. The molecule has 1 aromatic carbocycles. The third-order valence-corrected chi connectivity index (χ3v) is 4.27. The van der Waals surface area contributed by atoms with E-state index in [1.54, 1.807) is 0 Å². The first-order chi connectivity index (χ1) is 11.0. The fourth-order valence-corrected chi connectivity index (χ4v) is 3.20. The number of hydrogen-bond acceptors (Lipinski definition) is 5. The summed E-state index contributed by atoms with van der Waals surface area (Å²) in [5, 5.41) is 19.8. The van der Waals surface area contributed by atoms with Crippen LogP contribution in [0.5, 0.6) is 0 Å². The van der Waals surface area contributed by atoms with Crippen LogP contribution in [-0.2, 0) is 6.54 Å². The SMILES string of the molecule is CC(O)CN1CCN(CC(O)CN(C)Cc2ccccc2)CC1. The Balaban J connectivity index is 1.66. The van der Waals surface area contributed by atoms with Crippen LogP contribution < -0.4 is 0 Å². The zero-order valence-electron chi connectivity index (χ0n) is 14.4. The summed E-state index contributed by atoms with van der Waals surface area (Å²) in [7, 11) is 2.05. The molecule has 1 heterocycles. The number of hydrogen-bond donors (Lipinski definition) is 2. The first kappa shape index (κ1) is 18.4. The van der Waals surface area contributed by atoms with Gasteiger partial charge in [0.25, 0.3) is 0 Å². The molecule has 0 amide bonds. The second-order valence-corrected chi connectivity index (χ2v) is 6.79. The molecule has 0 aliphatic carbocycles. The van der Waals surface area contributed by atoms with Gasteiger partial charge in [0.1, 0.15) is 0 Å². The van der Waals surface area contributed by atoms with Crippen molar-refractivity contribution < 1.29 is 10.2 Å². The van der Waals surface area contributed by atoms with Crippen LogP contribution in [0.4, 0.5) is 0 Å². The topological polar surface area (TPSA) is 50.2 Å². The Morgan fingerprint density at radius 2 is 1.57 bits per heavy atom. The molecule has 0 saturated carbocycles. The van der Waals surface area contributed by atoms with E-state index >= 15 is 0 Å². The van der Waals surface area contributed by atoms with Gasteiger partial charge < -0.3 is 10.2 Å². The van der Waals surface area contributed by atoms with Gasteiger partial charge in [-0.3, -0.25) is 14.7 Å². The number of piperazine rings is 1. The van der Waals surface area contributed by atoms with Crippen molar-refractivity contribution in [2.75, 3.05) is 52.9 Å². The van der Waals surface area contributed by atoms with Crippen LogP contribution in [0.15, 0.2) is 30.3 Å². The molecule has 0 aromatic heterocycles. The summed E-state index contributed by atoms with van der Waals surface area (Å²) in [6, 6.07) is 10.3. The average Bonchev–Trinajstić information content (AvgIpc) is 2.49. The molecule has 2 N–H and O–H groups in total. The number of benzene rings is 1. The standard InChI is InChI=1S/C18H31N3O2/c1-16(22)12-20-8-10-21(11-9-20)15-18(23)14-19(2)13-17-6-4-3-5-7-17/h3-7,16,18,22-23H,8-15H2,1-2H3. The van der Waals surface area contributed by atoms with Crippen molar-refractivity contribution in [3.05, 3.63) is 35.9 Å². The molecule has 5 heteroatoms. The quantitative estimate of drug-likeness (QED) is 0.729. The van der Waals surface area contributed by atoms with Crippen molar-refractivity contribution in [1.29, 1.82) is 0 Å². The smallest absolute Gasteiger partial charge is 0.0793 e. The number of β-amino-alcohol motifs (C(OH)–C–C–N with tert-alkyl or cyclic N) is 2. The van der Waals surface area contributed by atoms with Gasteiger partial charge in [0, 0.05) is 52.4 Å². The minimum absolute atomic E-state index is 0.265. The van der Waals surface area contributed by atoms with E-state index in [-0.39, 0.29) is 12.2 Å². The van der Waals surface area contributed by atoms with Gasteiger partial charge in [0.05, 0.1) is 12.2 Å². The van der Waals surface area contributed by atoms with Gasteiger partial charge in [-0.25, -0.2) is 0 Å². The van der Waals surface area contributed by atoms with E-state index < -0.39 is 0 Å². The molecule has 130 valence electrons. The second-order valence-electron chi connectivity index (χ2n) is 6.79. The Morgan fingerprint density at radius 3 is 2.13 bits per heavy atom. The fraction of sp³-hybridized carbons (Fsp3) is 0.667. The molecule has 0 bridgehead atoms. The summed E-state index contributed by atoms with van der Waals surface area (Å²) in [6.45, 7) is 8.71. The van der Waals surface area contributed by atoms with Crippen LogP contribution in [0.1, 0.15) is 12.5 Å². The summed E-state index contributed by atoms with van der Waals surface area (Å²) >= 11 is 0. The predicted molar refractivity (Wildman–Crippen MR) is 93.3 cm³/mol. The Morgan fingerprint density at radius 1 is 1.00 bits per heavy atom. The summed E-state index contributed by atoms with van der Waals surface area (Å²) in [5.74, 6) is 0. The Labute approximate surface area is 140 Å². The first-order valence-corrected chi connectivity index (χ1v) is 8.56. The van der Waals surface area contributed by atoms with Crippen molar-refractivity contribution in [3.63, 3.8) is 0 Å². The lowest BCUT2D eigenvalue weighted by Gasteiger charge is -2.36. The van der Waals surface area contributed by atoms with E-state index in [1.807, 2.05) is 25.1 Å². The molecule has 2 atom stereocenters. The van der Waals surface area contributed by atoms with E-state index in [4.69, 9.17) is 0 Å². The van der Waals surface area contributed by atoms with Crippen LogP contribution in [0, 0.1) is 0 Å². The molecular formula is C18H31N3O2. The highest BCUT2D eigenvalue weighted by atomic mass is 16.3. The summed E-state index contributed by atoms with van der Waals surface area (Å²) in [4.78, 5) is 6.78. The van der Waals surface area contributed by atoms with E-state index in [0.29, 0.717) is 6.54 Å². The van der Waals surface area contributed by atoms with Crippen LogP contribution in [-0.4, -0.2) is 90.0 Å². The van der Waals surface area contributed by atoms with Crippen LogP contribution >= 0.6 is 0 Å². The van der Waals surface area contributed by atoms with Crippen molar-refractivity contribution >= 4 is 0 Å². The minimum Gasteiger partial charge on any atom is -0.392 e. The van der Waals surface area contributed by atoms with Gasteiger partial charge in [-0.15, -0.1) is 0 Å². The zero-order valence-corrected chi connectivity index (χ0v) is 14.4. The van der Waals surface area contributed by atoms with Crippen molar-refractivity contribution in [3.8, 4) is 0 Å². The molecule has 1 aliphatic heterocycles. The maximum Gasteiger partial charge on any atom is 0.0793 e. The van der Waals surface area contributed by atoms with E-state index in [1.165, 1.54) is 5.56 Å². The lowest BCUT2D eigenvalue weighted by molar-refractivity contribution is 0.0415. The molecule has 0 radical (unpaired) electrons. The van der Waals surface area contributed by atoms with Gasteiger partial charge in [-0.05, 0) is 19.5 Å². The maximum absolute atomic E-state index is 10.3. The zero-order chi connectivity index (χ0) is 16.7. The van der Waals surface area contributed by atoms with E-state index in [2.05, 4.69) is 33.9 Å².